The molecule has 5 nitrogen and oxygen atoms in total. The van der Waals surface area contributed by atoms with Crippen molar-refractivity contribution >= 4 is 17.7 Å². The van der Waals surface area contributed by atoms with E-state index in [0.717, 1.165) is 47.5 Å². The number of para-hydroxylation sites is 1. The van der Waals surface area contributed by atoms with Gasteiger partial charge in [-0.1, -0.05) is 56.2 Å². The molecule has 0 aliphatic carbocycles. The lowest BCUT2D eigenvalue weighted by molar-refractivity contribution is 0.0582. The second kappa shape index (κ2) is 11.1. The predicted molar refractivity (Wildman–Crippen MR) is 169 cm³/mol. The first-order valence-electron chi connectivity index (χ1n) is 14.7. The standard InChI is InChI=1S/C37H37NO4/c1-5-6-9-24-40-30-17-14-27(15-18-30)35(39)41-31-19-12-26(13-20-31)28-16-21-34-29(25-28)22-23-37(42-34)36(2,3)32-10-7-8-11-33(32)38(37)4/h7-8,10-23,25H,5-6,9,24H2,1-4H3. The Morgan fingerprint density at radius 1 is 0.857 bits per heavy atom. The van der Waals surface area contributed by atoms with Crippen LogP contribution in [0.5, 0.6) is 17.2 Å². The van der Waals surface area contributed by atoms with Crippen LogP contribution in [0.25, 0.3) is 17.2 Å². The molecule has 42 heavy (non-hydrogen) atoms. The maximum absolute atomic E-state index is 12.7. The number of carbonyl (C=O) groups excluding carboxylic acids is 1. The normalized spacial score (nSPS) is 17.9. The predicted octanol–water partition coefficient (Wildman–Crippen LogP) is 8.67. The fourth-order valence-corrected chi connectivity index (χ4v) is 6.07. The molecule has 0 amide bonds. The van der Waals surface area contributed by atoms with Gasteiger partial charge in [-0.2, -0.15) is 0 Å². The first kappa shape index (κ1) is 27.6. The van der Waals surface area contributed by atoms with E-state index in [9.17, 15) is 4.79 Å². The average Bonchev–Trinajstić information content (AvgIpc) is 3.17. The number of anilines is 1. The van der Waals surface area contributed by atoms with E-state index in [1.54, 1.807) is 12.1 Å². The van der Waals surface area contributed by atoms with Gasteiger partial charge in [-0.05, 0) is 104 Å². The van der Waals surface area contributed by atoms with Crippen LogP contribution in [0.3, 0.4) is 0 Å². The summed E-state index contributed by atoms with van der Waals surface area (Å²) in [4.78, 5) is 14.9. The van der Waals surface area contributed by atoms with Gasteiger partial charge in [0.1, 0.15) is 17.2 Å². The summed E-state index contributed by atoms with van der Waals surface area (Å²) in [6, 6.07) is 29.5. The van der Waals surface area contributed by atoms with Crippen molar-refractivity contribution in [1.82, 2.24) is 0 Å². The summed E-state index contributed by atoms with van der Waals surface area (Å²) in [5.74, 6) is 1.72. The van der Waals surface area contributed by atoms with Crippen molar-refractivity contribution < 1.29 is 19.0 Å². The monoisotopic (exact) mass is 559 g/mol. The number of ether oxygens (including phenoxy) is 3. The van der Waals surface area contributed by atoms with Gasteiger partial charge >= 0.3 is 5.97 Å². The van der Waals surface area contributed by atoms with Gasteiger partial charge in [0.25, 0.3) is 0 Å². The molecule has 1 spiro atoms. The Hall–Kier alpha value is -4.51. The Morgan fingerprint density at radius 3 is 2.31 bits per heavy atom. The van der Waals surface area contributed by atoms with E-state index in [1.807, 2.05) is 42.5 Å². The molecule has 1 unspecified atom stereocenters. The number of unbranched alkanes of at least 4 members (excludes halogenated alkanes) is 2. The smallest absolute Gasteiger partial charge is 0.343 e. The number of likely N-dealkylation sites (N-methyl/N-ethyl adjacent to an activating group) is 1. The van der Waals surface area contributed by atoms with Crippen molar-refractivity contribution in [3.63, 3.8) is 0 Å². The van der Waals surface area contributed by atoms with Crippen molar-refractivity contribution in [2.45, 2.75) is 51.2 Å². The topological polar surface area (TPSA) is 48.0 Å². The fourth-order valence-electron chi connectivity index (χ4n) is 6.07. The minimum absolute atomic E-state index is 0.234. The van der Waals surface area contributed by atoms with E-state index in [4.69, 9.17) is 14.2 Å². The maximum Gasteiger partial charge on any atom is 0.343 e. The molecule has 0 saturated carbocycles. The summed E-state index contributed by atoms with van der Waals surface area (Å²) in [5, 5.41) is 0. The number of carbonyl (C=O) groups is 1. The number of esters is 1. The summed E-state index contributed by atoms with van der Waals surface area (Å²) < 4.78 is 18.2. The number of benzene rings is 4. The molecular weight excluding hydrogens is 522 g/mol. The third-order valence-electron chi connectivity index (χ3n) is 8.60. The molecular formula is C37H37NO4. The molecule has 0 aromatic heterocycles. The summed E-state index contributed by atoms with van der Waals surface area (Å²) in [6.07, 6.45) is 7.69. The summed E-state index contributed by atoms with van der Waals surface area (Å²) >= 11 is 0. The highest BCUT2D eigenvalue weighted by Gasteiger charge is 2.57. The lowest BCUT2D eigenvalue weighted by Crippen LogP contribution is -2.58. The summed E-state index contributed by atoms with van der Waals surface area (Å²) in [7, 11) is 2.10. The molecule has 2 aliphatic rings. The van der Waals surface area contributed by atoms with Gasteiger partial charge in [-0.15, -0.1) is 0 Å². The second-order valence-corrected chi connectivity index (χ2v) is 11.6. The first-order chi connectivity index (χ1) is 20.3. The van der Waals surface area contributed by atoms with Crippen LogP contribution in [0.4, 0.5) is 5.69 Å². The van der Waals surface area contributed by atoms with E-state index in [0.29, 0.717) is 17.9 Å². The number of nitrogens with zero attached hydrogens (tertiary/aromatic N) is 1. The van der Waals surface area contributed by atoms with Crippen molar-refractivity contribution in [3.8, 4) is 28.4 Å². The minimum atomic E-state index is -0.599. The van der Waals surface area contributed by atoms with Crippen LogP contribution in [-0.4, -0.2) is 25.3 Å². The SMILES string of the molecule is CCCCCOc1ccc(C(=O)Oc2ccc(-c3ccc4c(c3)C=CC3(O4)N(C)c4ccccc4C3(C)C)cc2)cc1. The molecule has 0 saturated heterocycles. The number of rotatable bonds is 8. The van der Waals surface area contributed by atoms with E-state index in [-0.39, 0.29) is 5.41 Å². The van der Waals surface area contributed by atoms with Gasteiger partial charge in [0.05, 0.1) is 17.6 Å². The van der Waals surface area contributed by atoms with Crippen LogP contribution in [0, 0.1) is 0 Å². The highest BCUT2D eigenvalue weighted by molar-refractivity contribution is 5.91. The molecule has 2 aliphatic heterocycles. The Labute approximate surface area is 248 Å². The van der Waals surface area contributed by atoms with Gasteiger partial charge in [0.2, 0.25) is 5.72 Å². The molecule has 0 radical (unpaired) electrons. The van der Waals surface area contributed by atoms with Crippen LogP contribution in [0.2, 0.25) is 0 Å². The largest absolute Gasteiger partial charge is 0.494 e. The molecule has 1 atom stereocenters. The molecule has 0 N–H and O–H groups in total. The lowest BCUT2D eigenvalue weighted by Gasteiger charge is -2.45. The van der Waals surface area contributed by atoms with Gasteiger partial charge in [-0.3, -0.25) is 0 Å². The van der Waals surface area contributed by atoms with E-state index < -0.39 is 11.7 Å². The second-order valence-electron chi connectivity index (χ2n) is 11.6. The zero-order valence-electron chi connectivity index (χ0n) is 24.7. The van der Waals surface area contributed by atoms with Crippen molar-refractivity contribution in [2.24, 2.45) is 0 Å². The van der Waals surface area contributed by atoms with Crippen LogP contribution in [0.1, 0.15) is 61.5 Å². The minimum Gasteiger partial charge on any atom is -0.494 e. The third kappa shape index (κ3) is 4.83. The van der Waals surface area contributed by atoms with E-state index in [1.165, 1.54) is 11.3 Å². The number of fused-ring (bicyclic) bond motifs is 2. The zero-order chi connectivity index (χ0) is 29.3. The highest BCUT2D eigenvalue weighted by atomic mass is 16.5. The average molecular weight is 560 g/mol. The molecule has 5 heteroatoms. The van der Waals surface area contributed by atoms with Crippen LogP contribution in [0.15, 0.2) is 97.1 Å². The van der Waals surface area contributed by atoms with E-state index in [2.05, 4.69) is 81.3 Å². The number of hydrogen-bond acceptors (Lipinski definition) is 5. The van der Waals surface area contributed by atoms with Gasteiger partial charge in [0.15, 0.2) is 0 Å². The van der Waals surface area contributed by atoms with Gasteiger partial charge in [-0.25, -0.2) is 4.79 Å². The van der Waals surface area contributed by atoms with Crippen molar-refractivity contribution in [2.75, 3.05) is 18.6 Å². The molecule has 2 heterocycles. The molecule has 4 aromatic carbocycles. The Bertz CT molecular complexity index is 1620. The summed E-state index contributed by atoms with van der Waals surface area (Å²) in [5.41, 5.74) is 5.25. The van der Waals surface area contributed by atoms with Crippen LogP contribution < -0.4 is 19.1 Å². The first-order valence-corrected chi connectivity index (χ1v) is 14.7. The Morgan fingerprint density at radius 2 is 1.57 bits per heavy atom. The molecule has 6 rings (SSSR count). The van der Waals surface area contributed by atoms with Crippen molar-refractivity contribution in [3.05, 3.63) is 114 Å². The van der Waals surface area contributed by atoms with Gasteiger partial charge in [0, 0.05) is 18.3 Å². The van der Waals surface area contributed by atoms with Crippen molar-refractivity contribution in [1.29, 1.82) is 0 Å². The van der Waals surface area contributed by atoms with Gasteiger partial charge < -0.3 is 19.1 Å². The fraction of sp³-hybridized carbons (Fsp3) is 0.270. The third-order valence-corrected chi connectivity index (χ3v) is 8.60. The lowest BCUT2D eigenvalue weighted by atomic mass is 9.76. The molecule has 0 bridgehead atoms. The zero-order valence-corrected chi connectivity index (χ0v) is 24.7. The van der Waals surface area contributed by atoms with E-state index >= 15 is 0 Å². The quantitative estimate of drug-likeness (QED) is 0.123. The summed E-state index contributed by atoms with van der Waals surface area (Å²) in [6.45, 7) is 7.33. The molecule has 214 valence electrons. The molecule has 4 aromatic rings. The highest BCUT2D eigenvalue weighted by Crippen LogP contribution is 2.54. The Kier molecular flexibility index (Phi) is 7.28. The van der Waals surface area contributed by atoms with Crippen LogP contribution in [-0.2, 0) is 5.41 Å². The Balaban J connectivity index is 1.13. The molecule has 0 fully saturated rings. The maximum atomic E-state index is 12.7. The number of hydrogen-bond donors (Lipinski definition) is 0. The van der Waals surface area contributed by atoms with Crippen LogP contribution >= 0.6 is 0 Å².